The average molecular weight is 478 g/mol. The maximum atomic E-state index is 12.3. The van der Waals surface area contributed by atoms with Crippen molar-refractivity contribution in [3.05, 3.63) is 89.2 Å². The highest BCUT2D eigenvalue weighted by molar-refractivity contribution is 6.30. The number of carbonyl (C=O) groups excluding carboxylic acids is 1. The van der Waals surface area contributed by atoms with Gasteiger partial charge < -0.3 is 19.4 Å². The number of aromatic nitrogens is 2. The van der Waals surface area contributed by atoms with Crippen molar-refractivity contribution in [2.45, 2.75) is 25.8 Å². The van der Waals surface area contributed by atoms with Gasteiger partial charge in [0.15, 0.2) is 11.5 Å². The van der Waals surface area contributed by atoms with Crippen LogP contribution in [0, 0.1) is 0 Å². The van der Waals surface area contributed by atoms with Crippen LogP contribution in [0.25, 0.3) is 11.0 Å². The molecule has 7 heteroatoms. The molecule has 0 bridgehead atoms. The van der Waals surface area contributed by atoms with Gasteiger partial charge in [-0.15, -0.1) is 0 Å². The van der Waals surface area contributed by atoms with E-state index in [0.717, 1.165) is 54.2 Å². The molecule has 0 aliphatic rings. The molecule has 0 fully saturated rings. The fourth-order valence-corrected chi connectivity index (χ4v) is 4.08. The number of carbonyl (C=O) groups is 1. The predicted molar refractivity (Wildman–Crippen MR) is 135 cm³/mol. The van der Waals surface area contributed by atoms with Crippen LogP contribution in [0.4, 0.5) is 0 Å². The molecule has 0 spiro atoms. The molecule has 1 amide bonds. The number of aryl methyl sites for hydroxylation is 2. The Morgan fingerprint density at radius 3 is 2.62 bits per heavy atom. The first-order valence-electron chi connectivity index (χ1n) is 11.4. The Morgan fingerprint density at radius 1 is 1.00 bits per heavy atom. The van der Waals surface area contributed by atoms with Gasteiger partial charge in [-0.1, -0.05) is 41.9 Å². The largest absolute Gasteiger partial charge is 0.493 e. The molecule has 1 aromatic heterocycles. The van der Waals surface area contributed by atoms with E-state index in [-0.39, 0.29) is 5.91 Å². The molecule has 34 heavy (non-hydrogen) atoms. The maximum absolute atomic E-state index is 12.3. The van der Waals surface area contributed by atoms with Gasteiger partial charge in [-0.25, -0.2) is 4.98 Å². The summed E-state index contributed by atoms with van der Waals surface area (Å²) in [4.78, 5) is 17.2. The number of nitrogens with one attached hydrogen (secondary N) is 1. The molecule has 0 saturated carbocycles. The molecular weight excluding hydrogens is 450 g/mol. The zero-order valence-electron chi connectivity index (χ0n) is 19.2. The monoisotopic (exact) mass is 477 g/mol. The lowest BCUT2D eigenvalue weighted by Crippen LogP contribution is -2.25. The quantitative estimate of drug-likeness (QED) is 0.288. The number of nitrogens with zero attached hydrogens (tertiary/aromatic N) is 2. The Labute approximate surface area is 204 Å². The van der Waals surface area contributed by atoms with Crippen LogP contribution in [0.15, 0.2) is 72.8 Å². The van der Waals surface area contributed by atoms with Crippen LogP contribution >= 0.6 is 11.6 Å². The molecule has 4 aromatic rings. The number of fused-ring (bicyclic) bond motifs is 1. The van der Waals surface area contributed by atoms with Gasteiger partial charge in [0.1, 0.15) is 5.82 Å². The smallest absolute Gasteiger partial charge is 0.251 e. The highest BCUT2D eigenvalue weighted by Crippen LogP contribution is 2.26. The van der Waals surface area contributed by atoms with Gasteiger partial charge in [-0.3, -0.25) is 4.79 Å². The molecular formula is C27H28ClN3O3. The topological polar surface area (TPSA) is 65.4 Å². The Morgan fingerprint density at radius 2 is 1.79 bits per heavy atom. The minimum absolute atomic E-state index is 0.121. The second kappa shape index (κ2) is 11.6. The summed E-state index contributed by atoms with van der Waals surface area (Å²) in [6.07, 6.45) is 2.38. The number of hydrogen-bond acceptors (Lipinski definition) is 4. The van der Waals surface area contributed by atoms with Crippen molar-refractivity contribution < 1.29 is 14.3 Å². The summed E-state index contributed by atoms with van der Waals surface area (Å²) in [7, 11) is 1.64. The summed E-state index contributed by atoms with van der Waals surface area (Å²) in [5.41, 5.74) is 2.65. The van der Waals surface area contributed by atoms with E-state index in [1.165, 1.54) is 0 Å². The van der Waals surface area contributed by atoms with Crippen LogP contribution in [0.2, 0.25) is 5.02 Å². The Bertz CT molecular complexity index is 1250. The Balaban J connectivity index is 1.34. The Kier molecular flexibility index (Phi) is 8.04. The fourth-order valence-electron chi connectivity index (χ4n) is 3.89. The van der Waals surface area contributed by atoms with Crippen molar-refractivity contribution in [2.75, 3.05) is 20.3 Å². The molecule has 0 radical (unpaired) electrons. The summed E-state index contributed by atoms with van der Waals surface area (Å²) < 4.78 is 13.5. The third-order valence-corrected chi connectivity index (χ3v) is 5.77. The fraction of sp³-hybridized carbons (Fsp3) is 0.259. The summed E-state index contributed by atoms with van der Waals surface area (Å²) in [6, 6.07) is 22.8. The van der Waals surface area contributed by atoms with Crippen molar-refractivity contribution in [1.82, 2.24) is 14.9 Å². The molecule has 176 valence electrons. The van der Waals surface area contributed by atoms with Crippen molar-refractivity contribution in [1.29, 1.82) is 0 Å². The van der Waals surface area contributed by atoms with Crippen molar-refractivity contribution in [3.8, 4) is 11.5 Å². The van der Waals surface area contributed by atoms with Crippen LogP contribution in [0.1, 0.15) is 29.0 Å². The number of halogens is 1. The number of methoxy groups -OCH3 is 1. The first-order chi connectivity index (χ1) is 16.7. The number of ether oxygens (including phenoxy) is 2. The summed E-state index contributed by atoms with van der Waals surface area (Å²) in [6.45, 7) is 1.92. The number of hydrogen-bond donors (Lipinski definition) is 1. The predicted octanol–water partition coefficient (Wildman–Crippen LogP) is 5.53. The number of para-hydroxylation sites is 4. The first-order valence-corrected chi connectivity index (χ1v) is 11.8. The van der Waals surface area contributed by atoms with Gasteiger partial charge in [0.05, 0.1) is 24.8 Å². The number of benzene rings is 3. The molecule has 1 N–H and O–H groups in total. The average Bonchev–Trinajstić information content (AvgIpc) is 3.22. The van der Waals surface area contributed by atoms with Gasteiger partial charge >= 0.3 is 0 Å². The van der Waals surface area contributed by atoms with E-state index in [1.807, 2.05) is 42.5 Å². The summed E-state index contributed by atoms with van der Waals surface area (Å²) >= 11 is 5.98. The number of amides is 1. The number of rotatable bonds is 11. The van der Waals surface area contributed by atoms with Crippen LogP contribution in [0.5, 0.6) is 11.5 Å². The van der Waals surface area contributed by atoms with E-state index >= 15 is 0 Å². The van der Waals surface area contributed by atoms with Gasteiger partial charge in [0.2, 0.25) is 0 Å². The summed E-state index contributed by atoms with van der Waals surface area (Å²) in [5, 5.41) is 3.52. The third-order valence-electron chi connectivity index (χ3n) is 5.54. The maximum Gasteiger partial charge on any atom is 0.251 e. The highest BCUT2D eigenvalue weighted by Gasteiger charge is 2.11. The molecule has 0 aliphatic carbocycles. The van der Waals surface area contributed by atoms with Gasteiger partial charge in [0.25, 0.3) is 5.91 Å². The zero-order valence-corrected chi connectivity index (χ0v) is 19.9. The van der Waals surface area contributed by atoms with E-state index in [9.17, 15) is 4.79 Å². The van der Waals surface area contributed by atoms with Crippen molar-refractivity contribution in [3.63, 3.8) is 0 Å². The van der Waals surface area contributed by atoms with E-state index in [1.54, 1.807) is 31.4 Å². The SMILES string of the molecule is COc1ccccc1OCCCn1c(CCCNC(=O)c2cccc(Cl)c2)nc2ccccc21. The van der Waals surface area contributed by atoms with Gasteiger partial charge in [0, 0.05) is 30.1 Å². The van der Waals surface area contributed by atoms with Crippen LogP contribution in [-0.4, -0.2) is 35.7 Å². The molecule has 4 rings (SSSR count). The second-order valence-corrected chi connectivity index (χ2v) is 8.33. The van der Waals surface area contributed by atoms with Gasteiger partial charge in [-0.2, -0.15) is 0 Å². The Hall–Kier alpha value is -3.51. The molecule has 0 atom stereocenters. The highest BCUT2D eigenvalue weighted by atomic mass is 35.5. The van der Waals surface area contributed by atoms with E-state index < -0.39 is 0 Å². The lowest BCUT2D eigenvalue weighted by molar-refractivity contribution is 0.0953. The molecule has 0 unspecified atom stereocenters. The normalized spacial score (nSPS) is 10.9. The molecule has 3 aromatic carbocycles. The number of imidazole rings is 1. The minimum atomic E-state index is -0.121. The van der Waals surface area contributed by atoms with E-state index in [0.29, 0.717) is 23.7 Å². The van der Waals surface area contributed by atoms with E-state index in [4.69, 9.17) is 26.1 Å². The first kappa shape index (κ1) is 23.6. The van der Waals surface area contributed by atoms with Crippen LogP contribution in [-0.2, 0) is 13.0 Å². The van der Waals surface area contributed by atoms with Crippen molar-refractivity contribution >= 4 is 28.5 Å². The summed E-state index contributed by atoms with van der Waals surface area (Å²) in [5.74, 6) is 2.37. The molecule has 6 nitrogen and oxygen atoms in total. The molecule has 0 aliphatic heterocycles. The minimum Gasteiger partial charge on any atom is -0.493 e. The lowest BCUT2D eigenvalue weighted by Gasteiger charge is -2.12. The molecule has 1 heterocycles. The van der Waals surface area contributed by atoms with Crippen LogP contribution < -0.4 is 14.8 Å². The van der Waals surface area contributed by atoms with Crippen molar-refractivity contribution in [2.24, 2.45) is 0 Å². The van der Waals surface area contributed by atoms with Gasteiger partial charge in [-0.05, 0) is 55.3 Å². The lowest BCUT2D eigenvalue weighted by atomic mass is 10.2. The molecule has 0 saturated heterocycles. The van der Waals surface area contributed by atoms with E-state index in [2.05, 4.69) is 16.0 Å². The van der Waals surface area contributed by atoms with Crippen LogP contribution in [0.3, 0.4) is 0 Å². The third kappa shape index (κ3) is 5.88. The second-order valence-electron chi connectivity index (χ2n) is 7.89. The standard InChI is InChI=1S/C27H28ClN3O3/c1-33-24-13-4-5-14-25(24)34-18-8-17-31-23-12-3-2-11-22(23)30-26(31)15-7-16-29-27(32)20-9-6-10-21(28)19-20/h2-6,9-14,19H,7-8,15-18H2,1H3,(H,29,32). The zero-order chi connectivity index (χ0) is 23.8.